The second kappa shape index (κ2) is 8.96. The van der Waals surface area contributed by atoms with E-state index in [1.807, 2.05) is 0 Å². The Labute approximate surface area is 194 Å². The second-order valence-electron chi connectivity index (χ2n) is 7.30. The summed E-state index contributed by atoms with van der Waals surface area (Å²) in [5.41, 5.74) is 1.32. The Morgan fingerprint density at radius 1 is 1.09 bits per heavy atom. The standard InChI is InChI=1S/C23H19N3O7S/c1-32-22(28)18-5-3-2-4-15(18)13-26-21(27)19(25-23(26)29)12-16-8-11-20(33-16)14-6-9-17(10-7-14)34(24,30)31/h2-12H,13H2,1H3,(H,25,29)(H2,24,30,31). The van der Waals surface area contributed by atoms with Crippen LogP contribution in [0.3, 0.4) is 0 Å². The molecule has 3 aromatic rings. The van der Waals surface area contributed by atoms with E-state index in [1.165, 1.54) is 25.3 Å². The Hall–Kier alpha value is -4.22. The molecule has 0 saturated carbocycles. The van der Waals surface area contributed by atoms with Crippen molar-refractivity contribution in [2.45, 2.75) is 11.4 Å². The minimum absolute atomic E-state index is 0.00558. The average Bonchev–Trinajstić information content (AvgIpc) is 3.39. The zero-order valence-electron chi connectivity index (χ0n) is 17.8. The maximum atomic E-state index is 12.8. The summed E-state index contributed by atoms with van der Waals surface area (Å²) in [4.78, 5) is 38.2. The number of rotatable bonds is 6. The maximum Gasteiger partial charge on any atom is 0.338 e. The molecule has 11 heteroatoms. The SMILES string of the molecule is COC(=O)c1ccccc1CN1C(=O)NC(=Cc2ccc(-c3ccc(S(N)(=O)=O)cc3)o2)C1=O. The number of hydrogen-bond acceptors (Lipinski definition) is 7. The number of methoxy groups -OCH3 is 1. The third-order valence-corrected chi connectivity index (χ3v) is 6.02. The minimum atomic E-state index is -3.81. The van der Waals surface area contributed by atoms with Crippen LogP contribution in [0.25, 0.3) is 17.4 Å². The summed E-state index contributed by atoms with van der Waals surface area (Å²) in [5.74, 6) is -0.432. The molecule has 1 aliphatic heterocycles. The van der Waals surface area contributed by atoms with Crippen molar-refractivity contribution in [2.24, 2.45) is 5.14 Å². The minimum Gasteiger partial charge on any atom is -0.465 e. The Morgan fingerprint density at radius 2 is 1.79 bits per heavy atom. The van der Waals surface area contributed by atoms with E-state index >= 15 is 0 Å². The van der Waals surface area contributed by atoms with Crippen molar-refractivity contribution in [2.75, 3.05) is 7.11 Å². The number of urea groups is 1. The van der Waals surface area contributed by atoms with E-state index in [2.05, 4.69) is 5.32 Å². The Morgan fingerprint density at radius 3 is 2.47 bits per heavy atom. The van der Waals surface area contributed by atoms with Crippen molar-refractivity contribution in [3.8, 4) is 11.3 Å². The van der Waals surface area contributed by atoms with Gasteiger partial charge in [0.05, 0.1) is 24.1 Å². The molecular formula is C23H19N3O7S. The van der Waals surface area contributed by atoms with E-state index in [0.717, 1.165) is 4.90 Å². The van der Waals surface area contributed by atoms with E-state index in [-0.39, 0.29) is 22.7 Å². The van der Waals surface area contributed by atoms with Gasteiger partial charge in [-0.3, -0.25) is 9.69 Å². The van der Waals surface area contributed by atoms with Crippen LogP contribution >= 0.6 is 0 Å². The lowest BCUT2D eigenvalue weighted by molar-refractivity contribution is -0.123. The van der Waals surface area contributed by atoms with Crippen LogP contribution in [0.2, 0.25) is 0 Å². The Balaban J connectivity index is 1.54. The van der Waals surface area contributed by atoms with Gasteiger partial charge in [-0.1, -0.05) is 18.2 Å². The predicted octanol–water partition coefficient (Wildman–Crippen LogP) is 2.47. The lowest BCUT2D eigenvalue weighted by atomic mass is 10.1. The van der Waals surface area contributed by atoms with Gasteiger partial charge < -0.3 is 14.5 Å². The van der Waals surface area contributed by atoms with Gasteiger partial charge in [-0.2, -0.15) is 0 Å². The fraction of sp³-hybridized carbons (Fsp3) is 0.0870. The summed E-state index contributed by atoms with van der Waals surface area (Å²) in [6.45, 7) is -0.118. The Kier molecular flexibility index (Phi) is 6.05. The van der Waals surface area contributed by atoms with Gasteiger partial charge in [0, 0.05) is 11.6 Å². The number of amides is 3. The first kappa shape index (κ1) is 23.0. The molecule has 2 aromatic carbocycles. The van der Waals surface area contributed by atoms with Gasteiger partial charge in [0.25, 0.3) is 5.91 Å². The summed E-state index contributed by atoms with van der Waals surface area (Å²) in [6, 6.07) is 14.9. The molecule has 34 heavy (non-hydrogen) atoms. The Bertz CT molecular complexity index is 1420. The van der Waals surface area contributed by atoms with Crippen molar-refractivity contribution < 1.29 is 32.0 Å². The van der Waals surface area contributed by atoms with Crippen LogP contribution in [0, 0.1) is 0 Å². The molecule has 1 aliphatic rings. The van der Waals surface area contributed by atoms with E-state index in [9.17, 15) is 22.8 Å². The van der Waals surface area contributed by atoms with Crippen LogP contribution in [0.4, 0.5) is 4.79 Å². The van der Waals surface area contributed by atoms with Crippen molar-refractivity contribution >= 4 is 34.0 Å². The fourth-order valence-electron chi connectivity index (χ4n) is 3.39. The number of hydrogen-bond donors (Lipinski definition) is 2. The van der Waals surface area contributed by atoms with Gasteiger partial charge in [0.2, 0.25) is 10.0 Å². The molecule has 0 aliphatic carbocycles. The third-order valence-electron chi connectivity index (χ3n) is 5.09. The van der Waals surface area contributed by atoms with Gasteiger partial charge >= 0.3 is 12.0 Å². The smallest absolute Gasteiger partial charge is 0.338 e. The molecule has 2 heterocycles. The van der Waals surface area contributed by atoms with Crippen molar-refractivity contribution in [1.29, 1.82) is 0 Å². The van der Waals surface area contributed by atoms with Crippen LogP contribution in [-0.4, -0.2) is 38.3 Å². The quantitative estimate of drug-likeness (QED) is 0.312. The summed E-state index contributed by atoms with van der Waals surface area (Å²) < 4.78 is 33.3. The highest BCUT2D eigenvalue weighted by Gasteiger charge is 2.34. The first-order chi connectivity index (χ1) is 16.2. The molecule has 10 nitrogen and oxygen atoms in total. The number of esters is 1. The molecule has 174 valence electrons. The number of imide groups is 1. The highest BCUT2D eigenvalue weighted by Crippen LogP contribution is 2.26. The molecule has 1 saturated heterocycles. The highest BCUT2D eigenvalue weighted by molar-refractivity contribution is 7.89. The van der Waals surface area contributed by atoms with Gasteiger partial charge in [-0.15, -0.1) is 0 Å². The molecule has 0 unspecified atom stereocenters. The second-order valence-corrected chi connectivity index (χ2v) is 8.86. The number of ether oxygens (including phenoxy) is 1. The zero-order valence-corrected chi connectivity index (χ0v) is 18.7. The van der Waals surface area contributed by atoms with E-state index < -0.39 is 27.9 Å². The van der Waals surface area contributed by atoms with E-state index in [4.69, 9.17) is 14.3 Å². The largest absolute Gasteiger partial charge is 0.465 e. The fourth-order valence-corrected chi connectivity index (χ4v) is 3.90. The normalized spacial score (nSPS) is 15.0. The van der Waals surface area contributed by atoms with Crippen LogP contribution in [-0.2, 0) is 26.1 Å². The number of nitrogens with two attached hydrogens (primary N) is 1. The molecular weight excluding hydrogens is 462 g/mol. The van der Waals surface area contributed by atoms with Crippen LogP contribution in [0.15, 0.2) is 75.7 Å². The summed E-state index contributed by atoms with van der Waals surface area (Å²) in [6.07, 6.45) is 1.38. The molecule has 4 rings (SSSR count). The van der Waals surface area contributed by atoms with Crippen LogP contribution < -0.4 is 10.5 Å². The van der Waals surface area contributed by atoms with Crippen LogP contribution in [0.5, 0.6) is 0 Å². The zero-order chi connectivity index (χ0) is 24.5. The topological polar surface area (TPSA) is 149 Å². The van der Waals surface area contributed by atoms with Gasteiger partial charge in [0.1, 0.15) is 17.2 Å². The predicted molar refractivity (Wildman–Crippen MR) is 120 cm³/mol. The first-order valence-electron chi connectivity index (χ1n) is 9.91. The van der Waals surface area contributed by atoms with Crippen molar-refractivity contribution in [3.63, 3.8) is 0 Å². The number of carbonyl (C=O) groups excluding carboxylic acids is 3. The number of primary sulfonamides is 1. The van der Waals surface area contributed by atoms with E-state index in [1.54, 1.807) is 48.5 Å². The average molecular weight is 481 g/mol. The molecule has 0 atom stereocenters. The third kappa shape index (κ3) is 4.60. The molecule has 0 radical (unpaired) electrons. The van der Waals surface area contributed by atoms with Gasteiger partial charge in [-0.25, -0.2) is 23.1 Å². The number of nitrogens with zero attached hydrogens (tertiary/aromatic N) is 1. The molecule has 0 bridgehead atoms. The number of furan rings is 1. The molecule has 1 fully saturated rings. The first-order valence-corrected chi connectivity index (χ1v) is 11.5. The van der Waals surface area contributed by atoms with Crippen molar-refractivity contribution in [3.05, 3.63) is 83.2 Å². The lowest BCUT2D eigenvalue weighted by Gasteiger charge is -2.14. The van der Waals surface area contributed by atoms with Gasteiger partial charge in [0.15, 0.2) is 0 Å². The van der Waals surface area contributed by atoms with Gasteiger partial charge in [-0.05, 0) is 48.0 Å². The summed E-state index contributed by atoms with van der Waals surface area (Å²) >= 11 is 0. The number of sulfonamides is 1. The highest BCUT2D eigenvalue weighted by atomic mass is 32.2. The monoisotopic (exact) mass is 481 g/mol. The maximum absolute atomic E-state index is 12.8. The summed E-state index contributed by atoms with van der Waals surface area (Å²) in [7, 11) is -2.56. The summed E-state index contributed by atoms with van der Waals surface area (Å²) in [5, 5.41) is 7.60. The molecule has 3 amide bonds. The number of nitrogens with one attached hydrogen (secondary N) is 1. The molecule has 1 aromatic heterocycles. The van der Waals surface area contributed by atoms with Crippen molar-refractivity contribution in [1.82, 2.24) is 10.2 Å². The molecule has 3 N–H and O–H groups in total. The molecule has 0 spiro atoms. The number of benzene rings is 2. The van der Waals surface area contributed by atoms with E-state index in [0.29, 0.717) is 22.6 Å². The number of carbonyl (C=O) groups is 3. The van der Waals surface area contributed by atoms with Crippen LogP contribution in [0.1, 0.15) is 21.7 Å². The lowest BCUT2D eigenvalue weighted by Crippen LogP contribution is -2.31.